The second-order valence-electron chi connectivity index (χ2n) is 6.99. The summed E-state index contributed by atoms with van der Waals surface area (Å²) >= 11 is 0. The predicted molar refractivity (Wildman–Crippen MR) is 79.2 cm³/mol. The number of hydrogen-bond acceptors (Lipinski definition) is 3. The first-order chi connectivity index (χ1) is 9.25. The molecule has 116 valence electrons. The van der Waals surface area contributed by atoms with Gasteiger partial charge in [0.25, 0.3) is 0 Å². The SMILES string of the molecule is COC(=O)CC1CCCCN1C(=O)CC(C)C(C)(C)C. The van der Waals surface area contributed by atoms with Crippen molar-refractivity contribution < 1.29 is 14.3 Å². The number of likely N-dealkylation sites (tertiary alicyclic amines) is 1. The molecule has 0 aromatic heterocycles. The van der Waals surface area contributed by atoms with Gasteiger partial charge >= 0.3 is 5.97 Å². The monoisotopic (exact) mass is 283 g/mol. The predicted octanol–water partition coefficient (Wildman–Crippen LogP) is 3.00. The van der Waals surface area contributed by atoms with Crippen molar-refractivity contribution in [2.24, 2.45) is 11.3 Å². The number of carbonyl (C=O) groups excluding carboxylic acids is 2. The fraction of sp³-hybridized carbons (Fsp3) is 0.875. The molecule has 1 aliphatic rings. The highest BCUT2D eigenvalue weighted by Crippen LogP contribution is 2.30. The van der Waals surface area contributed by atoms with E-state index in [9.17, 15) is 9.59 Å². The van der Waals surface area contributed by atoms with Gasteiger partial charge < -0.3 is 9.64 Å². The van der Waals surface area contributed by atoms with Crippen molar-refractivity contribution in [1.29, 1.82) is 0 Å². The van der Waals surface area contributed by atoms with Gasteiger partial charge in [-0.15, -0.1) is 0 Å². The number of ether oxygens (including phenoxy) is 1. The summed E-state index contributed by atoms with van der Waals surface area (Å²) in [6, 6.07) is 0.0240. The van der Waals surface area contributed by atoms with Gasteiger partial charge in [0.2, 0.25) is 5.91 Å². The molecule has 0 saturated carbocycles. The van der Waals surface area contributed by atoms with E-state index in [2.05, 4.69) is 27.7 Å². The van der Waals surface area contributed by atoms with Crippen LogP contribution in [-0.4, -0.2) is 36.5 Å². The van der Waals surface area contributed by atoms with E-state index in [1.54, 1.807) is 0 Å². The molecule has 1 fully saturated rings. The summed E-state index contributed by atoms with van der Waals surface area (Å²) < 4.78 is 4.74. The van der Waals surface area contributed by atoms with E-state index in [4.69, 9.17) is 4.74 Å². The first-order valence-corrected chi connectivity index (χ1v) is 7.62. The minimum Gasteiger partial charge on any atom is -0.469 e. The molecule has 0 aromatic rings. The first-order valence-electron chi connectivity index (χ1n) is 7.62. The summed E-state index contributed by atoms with van der Waals surface area (Å²) in [4.78, 5) is 25.9. The normalized spacial score (nSPS) is 21.4. The quantitative estimate of drug-likeness (QED) is 0.745. The zero-order chi connectivity index (χ0) is 15.3. The van der Waals surface area contributed by atoms with Crippen LogP contribution in [0, 0.1) is 11.3 Å². The molecule has 0 aliphatic carbocycles. The number of rotatable bonds is 4. The molecule has 4 nitrogen and oxygen atoms in total. The fourth-order valence-corrected chi connectivity index (χ4v) is 2.50. The number of amides is 1. The number of carbonyl (C=O) groups is 2. The molecule has 1 amide bonds. The van der Waals surface area contributed by atoms with Crippen molar-refractivity contribution in [3.8, 4) is 0 Å². The maximum Gasteiger partial charge on any atom is 0.307 e. The van der Waals surface area contributed by atoms with Crippen molar-refractivity contribution >= 4 is 11.9 Å². The molecule has 1 heterocycles. The molecule has 2 atom stereocenters. The van der Waals surface area contributed by atoms with Gasteiger partial charge in [0.05, 0.1) is 13.5 Å². The van der Waals surface area contributed by atoms with Crippen molar-refractivity contribution in [3.63, 3.8) is 0 Å². The largest absolute Gasteiger partial charge is 0.469 e. The van der Waals surface area contributed by atoms with E-state index in [0.717, 1.165) is 25.8 Å². The first kappa shape index (κ1) is 17.0. The van der Waals surface area contributed by atoms with Crippen molar-refractivity contribution in [2.75, 3.05) is 13.7 Å². The average molecular weight is 283 g/mol. The van der Waals surface area contributed by atoms with Crippen LogP contribution >= 0.6 is 0 Å². The molecular weight excluding hydrogens is 254 g/mol. The minimum atomic E-state index is -0.224. The zero-order valence-electron chi connectivity index (χ0n) is 13.6. The molecule has 4 heteroatoms. The lowest BCUT2D eigenvalue weighted by Crippen LogP contribution is -2.45. The Labute approximate surface area is 122 Å². The van der Waals surface area contributed by atoms with E-state index in [-0.39, 0.29) is 23.3 Å². The van der Waals surface area contributed by atoms with Crippen LogP contribution < -0.4 is 0 Å². The summed E-state index contributed by atoms with van der Waals surface area (Å²) in [7, 11) is 1.40. The lowest BCUT2D eigenvalue weighted by Gasteiger charge is -2.37. The van der Waals surface area contributed by atoms with Gasteiger partial charge in [-0.05, 0) is 30.6 Å². The zero-order valence-corrected chi connectivity index (χ0v) is 13.6. The lowest BCUT2D eigenvalue weighted by molar-refractivity contribution is -0.145. The number of nitrogens with zero attached hydrogens (tertiary/aromatic N) is 1. The van der Waals surface area contributed by atoms with Crippen molar-refractivity contribution in [1.82, 2.24) is 4.90 Å². The number of esters is 1. The van der Waals surface area contributed by atoms with E-state index in [1.807, 2.05) is 4.90 Å². The maximum absolute atomic E-state index is 12.5. The fourth-order valence-electron chi connectivity index (χ4n) is 2.50. The van der Waals surface area contributed by atoms with Crippen LogP contribution in [0.3, 0.4) is 0 Å². The van der Waals surface area contributed by atoms with Gasteiger partial charge in [-0.25, -0.2) is 0 Å². The Hall–Kier alpha value is -1.06. The average Bonchev–Trinajstić information content (AvgIpc) is 2.37. The smallest absolute Gasteiger partial charge is 0.307 e. The van der Waals surface area contributed by atoms with Crippen LogP contribution in [-0.2, 0) is 14.3 Å². The third-order valence-corrected chi connectivity index (χ3v) is 4.54. The highest BCUT2D eigenvalue weighted by Gasteiger charge is 2.31. The van der Waals surface area contributed by atoms with E-state index in [0.29, 0.717) is 18.8 Å². The van der Waals surface area contributed by atoms with Crippen molar-refractivity contribution in [3.05, 3.63) is 0 Å². The van der Waals surface area contributed by atoms with Crippen LogP contribution in [0.2, 0.25) is 0 Å². The molecule has 20 heavy (non-hydrogen) atoms. The highest BCUT2D eigenvalue weighted by atomic mass is 16.5. The molecule has 2 unspecified atom stereocenters. The third kappa shape index (κ3) is 4.80. The van der Waals surface area contributed by atoms with Crippen LogP contribution in [0.5, 0.6) is 0 Å². The lowest BCUT2D eigenvalue weighted by atomic mass is 9.79. The summed E-state index contributed by atoms with van der Waals surface area (Å²) in [5.41, 5.74) is 0.128. The van der Waals surface area contributed by atoms with Gasteiger partial charge in [-0.2, -0.15) is 0 Å². The molecule has 0 bridgehead atoms. The second kappa shape index (κ2) is 7.09. The number of piperidine rings is 1. The molecule has 0 N–H and O–H groups in total. The standard InChI is InChI=1S/C16H29NO3/c1-12(16(2,3)4)10-14(18)17-9-7-6-8-13(17)11-15(19)20-5/h12-13H,6-11H2,1-5H3. The van der Waals surface area contributed by atoms with Crippen LogP contribution in [0.4, 0.5) is 0 Å². The van der Waals surface area contributed by atoms with Gasteiger partial charge in [0.15, 0.2) is 0 Å². The minimum absolute atomic E-state index is 0.0240. The summed E-state index contributed by atoms with van der Waals surface area (Å²) in [6.45, 7) is 9.38. The highest BCUT2D eigenvalue weighted by molar-refractivity contribution is 5.78. The summed E-state index contributed by atoms with van der Waals surface area (Å²) in [5, 5.41) is 0. The maximum atomic E-state index is 12.5. The third-order valence-electron chi connectivity index (χ3n) is 4.54. The second-order valence-corrected chi connectivity index (χ2v) is 6.99. The summed E-state index contributed by atoms with van der Waals surface area (Å²) in [6.07, 6.45) is 3.91. The topological polar surface area (TPSA) is 46.6 Å². The molecule has 0 aromatic carbocycles. The molecule has 1 saturated heterocycles. The molecular formula is C16H29NO3. The Morgan fingerprint density at radius 2 is 1.95 bits per heavy atom. The molecule has 0 radical (unpaired) electrons. The molecule has 0 spiro atoms. The Kier molecular flexibility index (Phi) is 6.03. The van der Waals surface area contributed by atoms with Crippen molar-refractivity contribution in [2.45, 2.75) is 65.8 Å². The van der Waals surface area contributed by atoms with Crippen LogP contribution in [0.25, 0.3) is 0 Å². The number of methoxy groups -OCH3 is 1. The Morgan fingerprint density at radius 3 is 2.50 bits per heavy atom. The van der Waals surface area contributed by atoms with Gasteiger partial charge in [0, 0.05) is 19.0 Å². The summed E-state index contributed by atoms with van der Waals surface area (Å²) in [5.74, 6) is 0.287. The number of hydrogen-bond donors (Lipinski definition) is 0. The Bertz CT molecular complexity index is 346. The van der Waals surface area contributed by atoms with Crippen LogP contribution in [0.1, 0.15) is 59.8 Å². The van der Waals surface area contributed by atoms with E-state index < -0.39 is 0 Å². The van der Waals surface area contributed by atoms with Gasteiger partial charge in [-0.3, -0.25) is 9.59 Å². The molecule has 1 aliphatic heterocycles. The van der Waals surface area contributed by atoms with Gasteiger partial charge in [0.1, 0.15) is 0 Å². The van der Waals surface area contributed by atoms with Gasteiger partial charge in [-0.1, -0.05) is 27.7 Å². The van der Waals surface area contributed by atoms with E-state index >= 15 is 0 Å². The molecule has 1 rings (SSSR count). The van der Waals surface area contributed by atoms with Crippen LogP contribution in [0.15, 0.2) is 0 Å². The Balaban J connectivity index is 2.65. The van der Waals surface area contributed by atoms with E-state index in [1.165, 1.54) is 7.11 Å². The Morgan fingerprint density at radius 1 is 1.30 bits per heavy atom.